The monoisotopic (exact) mass is 246 g/mol. The number of esters is 1. The molecule has 4 heteroatoms. The van der Waals surface area contributed by atoms with Gasteiger partial charge in [-0.05, 0) is 6.42 Å². The predicted molar refractivity (Wildman–Crippen MR) is 66.4 cm³/mol. The molecule has 0 unspecified atom stereocenters. The van der Waals surface area contributed by atoms with E-state index in [-0.39, 0.29) is 19.0 Å². The summed E-state index contributed by atoms with van der Waals surface area (Å²) in [6.45, 7) is 2.28. The summed E-state index contributed by atoms with van der Waals surface area (Å²) in [7, 11) is 0. The van der Waals surface area contributed by atoms with Crippen LogP contribution in [-0.2, 0) is 9.53 Å². The molecule has 102 valence electrons. The van der Waals surface area contributed by atoms with Gasteiger partial charge in [-0.15, -0.1) is 0 Å². The van der Waals surface area contributed by atoms with E-state index in [1.165, 1.54) is 32.1 Å². The molecular weight excluding hydrogens is 220 g/mol. The minimum Gasteiger partial charge on any atom is -0.465 e. The number of ether oxygens (including phenoxy) is 1. The molecule has 0 spiro atoms. The van der Waals surface area contributed by atoms with Gasteiger partial charge in [-0.25, -0.2) is 0 Å². The molecule has 17 heavy (non-hydrogen) atoms. The molecule has 0 atom stereocenters. The summed E-state index contributed by atoms with van der Waals surface area (Å²) in [5.74, 6) is -0.237. The van der Waals surface area contributed by atoms with Crippen LogP contribution in [0.2, 0.25) is 0 Å². The van der Waals surface area contributed by atoms with Crippen molar-refractivity contribution in [1.29, 1.82) is 0 Å². The van der Waals surface area contributed by atoms with Crippen molar-refractivity contribution in [3.05, 3.63) is 0 Å². The van der Waals surface area contributed by atoms with E-state index in [1.807, 2.05) is 0 Å². The summed E-state index contributed by atoms with van der Waals surface area (Å²) in [6.07, 6.45) is 7.35. The number of aliphatic hydroxyl groups is 2. The Hall–Kier alpha value is -0.610. The molecule has 0 saturated heterocycles. The zero-order valence-electron chi connectivity index (χ0n) is 10.9. The normalized spacial score (nSPS) is 10.8. The lowest BCUT2D eigenvalue weighted by Crippen LogP contribution is -2.12. The zero-order chi connectivity index (χ0) is 12.9. The predicted octanol–water partition coefficient (Wildman–Crippen LogP) is 2.37. The molecule has 2 N–H and O–H groups in total. The molecule has 0 aromatic heterocycles. The lowest BCUT2D eigenvalue weighted by Gasteiger charge is -2.05. The van der Waals surface area contributed by atoms with E-state index in [4.69, 9.17) is 14.9 Å². The molecule has 0 aliphatic heterocycles. The molecule has 0 bridgehead atoms. The molecule has 0 heterocycles. The maximum absolute atomic E-state index is 11.2. The third kappa shape index (κ3) is 13.3. The van der Waals surface area contributed by atoms with Gasteiger partial charge in [0.15, 0.2) is 6.29 Å². The minimum atomic E-state index is -1.39. The quantitative estimate of drug-likeness (QED) is 0.334. The number of hydrogen-bond acceptors (Lipinski definition) is 4. The van der Waals surface area contributed by atoms with E-state index in [9.17, 15) is 4.79 Å². The second-order valence-electron chi connectivity index (χ2n) is 4.36. The summed E-state index contributed by atoms with van der Waals surface area (Å²) in [6, 6.07) is 0. The number of aliphatic hydroxyl groups excluding tert-OH is 1. The molecule has 4 nitrogen and oxygen atoms in total. The minimum absolute atomic E-state index is 0.0861. The molecule has 0 aliphatic carbocycles. The van der Waals surface area contributed by atoms with Crippen LogP contribution in [0.25, 0.3) is 0 Å². The Kier molecular flexibility index (Phi) is 11.4. The third-order valence-electron chi connectivity index (χ3n) is 2.62. The maximum Gasteiger partial charge on any atom is 0.305 e. The van der Waals surface area contributed by atoms with Gasteiger partial charge in [-0.2, -0.15) is 0 Å². The van der Waals surface area contributed by atoms with Gasteiger partial charge in [-0.3, -0.25) is 4.79 Å². The number of rotatable bonds is 11. The van der Waals surface area contributed by atoms with Crippen LogP contribution in [0.5, 0.6) is 0 Å². The van der Waals surface area contributed by atoms with Crippen LogP contribution < -0.4 is 0 Å². The Morgan fingerprint density at radius 3 is 2.24 bits per heavy atom. The van der Waals surface area contributed by atoms with Crippen LogP contribution in [0.1, 0.15) is 64.7 Å². The fourth-order valence-electron chi connectivity index (χ4n) is 1.58. The first-order valence-electron chi connectivity index (χ1n) is 6.68. The molecule has 0 rings (SSSR count). The van der Waals surface area contributed by atoms with E-state index >= 15 is 0 Å². The lowest BCUT2D eigenvalue weighted by atomic mass is 10.1. The second kappa shape index (κ2) is 11.9. The van der Waals surface area contributed by atoms with Gasteiger partial charge >= 0.3 is 5.97 Å². The van der Waals surface area contributed by atoms with Crippen LogP contribution in [-0.4, -0.2) is 29.1 Å². The van der Waals surface area contributed by atoms with Crippen LogP contribution in [0.3, 0.4) is 0 Å². The maximum atomic E-state index is 11.2. The van der Waals surface area contributed by atoms with Crippen molar-refractivity contribution in [1.82, 2.24) is 0 Å². The lowest BCUT2D eigenvalue weighted by molar-refractivity contribution is -0.146. The Bertz CT molecular complexity index is 180. The molecule has 0 aromatic carbocycles. The van der Waals surface area contributed by atoms with E-state index < -0.39 is 6.29 Å². The molecule has 0 fully saturated rings. The zero-order valence-corrected chi connectivity index (χ0v) is 10.9. The highest BCUT2D eigenvalue weighted by Gasteiger charge is 2.04. The Morgan fingerprint density at radius 1 is 1.06 bits per heavy atom. The summed E-state index contributed by atoms with van der Waals surface area (Å²) < 4.78 is 4.84. The van der Waals surface area contributed by atoms with E-state index in [0.29, 0.717) is 6.42 Å². The number of hydrogen-bond donors (Lipinski definition) is 2. The first kappa shape index (κ1) is 16.4. The van der Waals surface area contributed by atoms with E-state index in [0.717, 1.165) is 12.8 Å². The van der Waals surface area contributed by atoms with Crippen LogP contribution in [0.15, 0.2) is 0 Å². The first-order valence-corrected chi connectivity index (χ1v) is 6.68. The van der Waals surface area contributed by atoms with Gasteiger partial charge in [0.2, 0.25) is 0 Å². The average molecular weight is 246 g/mol. The van der Waals surface area contributed by atoms with Crippen LogP contribution in [0, 0.1) is 0 Å². The van der Waals surface area contributed by atoms with Gasteiger partial charge in [0.25, 0.3) is 0 Å². The van der Waals surface area contributed by atoms with Crippen molar-refractivity contribution in [3.63, 3.8) is 0 Å². The Balaban J connectivity index is 3.16. The fraction of sp³-hybridized carbons (Fsp3) is 0.923. The SMILES string of the molecule is CCCCCCCCCC(=O)OCCC(O)O. The van der Waals surface area contributed by atoms with Gasteiger partial charge < -0.3 is 14.9 Å². The van der Waals surface area contributed by atoms with Gasteiger partial charge in [0.1, 0.15) is 0 Å². The van der Waals surface area contributed by atoms with Crippen molar-refractivity contribution < 1.29 is 19.7 Å². The number of carbonyl (C=O) groups is 1. The van der Waals surface area contributed by atoms with Crippen molar-refractivity contribution in [2.75, 3.05) is 6.61 Å². The molecule has 0 aromatic rings. The molecule has 0 amide bonds. The van der Waals surface area contributed by atoms with Gasteiger partial charge in [0.05, 0.1) is 6.61 Å². The molecular formula is C13H26O4. The molecule has 0 radical (unpaired) electrons. The largest absolute Gasteiger partial charge is 0.465 e. The summed E-state index contributed by atoms with van der Waals surface area (Å²) >= 11 is 0. The van der Waals surface area contributed by atoms with Gasteiger partial charge in [0, 0.05) is 12.8 Å². The van der Waals surface area contributed by atoms with E-state index in [1.54, 1.807) is 0 Å². The molecule has 0 aliphatic rings. The summed E-state index contributed by atoms with van der Waals surface area (Å²) in [5.41, 5.74) is 0. The molecule has 0 saturated carbocycles. The smallest absolute Gasteiger partial charge is 0.305 e. The van der Waals surface area contributed by atoms with E-state index in [2.05, 4.69) is 6.92 Å². The average Bonchev–Trinajstić information content (AvgIpc) is 2.27. The van der Waals surface area contributed by atoms with Crippen LogP contribution >= 0.6 is 0 Å². The summed E-state index contributed by atoms with van der Waals surface area (Å²) in [5, 5.41) is 17.1. The highest BCUT2D eigenvalue weighted by molar-refractivity contribution is 5.69. The highest BCUT2D eigenvalue weighted by Crippen LogP contribution is 2.08. The fourth-order valence-corrected chi connectivity index (χ4v) is 1.58. The second-order valence-corrected chi connectivity index (χ2v) is 4.36. The topological polar surface area (TPSA) is 66.8 Å². The third-order valence-corrected chi connectivity index (χ3v) is 2.62. The summed E-state index contributed by atoms with van der Waals surface area (Å²) in [4.78, 5) is 11.2. The van der Waals surface area contributed by atoms with Gasteiger partial charge in [-0.1, -0.05) is 45.4 Å². The number of unbranched alkanes of at least 4 members (excludes halogenated alkanes) is 6. The van der Waals surface area contributed by atoms with Crippen LogP contribution in [0.4, 0.5) is 0 Å². The first-order chi connectivity index (χ1) is 8.16. The van der Waals surface area contributed by atoms with Crippen molar-refractivity contribution in [3.8, 4) is 0 Å². The van der Waals surface area contributed by atoms with Crippen molar-refractivity contribution in [2.45, 2.75) is 71.0 Å². The number of carbonyl (C=O) groups excluding carboxylic acids is 1. The standard InChI is InChI=1S/C13H26O4/c1-2-3-4-5-6-7-8-9-13(16)17-11-10-12(14)15/h12,14-15H,2-11H2,1H3. The highest BCUT2D eigenvalue weighted by atomic mass is 16.5. The van der Waals surface area contributed by atoms with Crippen molar-refractivity contribution >= 4 is 5.97 Å². The van der Waals surface area contributed by atoms with Crippen molar-refractivity contribution in [2.24, 2.45) is 0 Å². The Morgan fingerprint density at radius 2 is 1.65 bits per heavy atom. The Labute approximate surface area is 104 Å².